The number of nitrogen functional groups attached to an aromatic ring is 1. The van der Waals surface area contributed by atoms with E-state index in [4.69, 9.17) is 10.5 Å². The number of rotatable bonds is 3. The molecule has 18 heavy (non-hydrogen) atoms. The van der Waals surface area contributed by atoms with Gasteiger partial charge in [-0.1, -0.05) is 24.3 Å². The van der Waals surface area contributed by atoms with Gasteiger partial charge in [-0.15, -0.1) is 0 Å². The van der Waals surface area contributed by atoms with Gasteiger partial charge < -0.3 is 10.5 Å². The van der Waals surface area contributed by atoms with Gasteiger partial charge in [-0.3, -0.25) is 0 Å². The van der Waals surface area contributed by atoms with Crippen LogP contribution in [0.15, 0.2) is 42.5 Å². The van der Waals surface area contributed by atoms with Crippen molar-refractivity contribution >= 4 is 5.69 Å². The molecule has 94 valence electrons. The summed E-state index contributed by atoms with van der Waals surface area (Å²) in [6.07, 6.45) is 0.176. The van der Waals surface area contributed by atoms with Crippen LogP contribution in [-0.4, -0.2) is 6.10 Å². The third-order valence-electron chi connectivity index (χ3n) is 2.72. The minimum Gasteiger partial charge on any atom is -0.491 e. The fourth-order valence-electron chi connectivity index (χ4n) is 1.95. The molecule has 0 radical (unpaired) electrons. The highest BCUT2D eigenvalue weighted by Crippen LogP contribution is 2.29. The monoisotopic (exact) mass is 241 g/mol. The van der Waals surface area contributed by atoms with Crippen LogP contribution >= 0.6 is 0 Å². The molecule has 2 nitrogen and oxygen atoms in total. The summed E-state index contributed by atoms with van der Waals surface area (Å²) in [5.74, 6) is 0.877. The van der Waals surface area contributed by atoms with Gasteiger partial charge in [0.15, 0.2) is 0 Å². The maximum absolute atomic E-state index is 6.06. The van der Waals surface area contributed by atoms with Gasteiger partial charge in [0.25, 0.3) is 0 Å². The van der Waals surface area contributed by atoms with Crippen LogP contribution in [0.5, 0.6) is 5.75 Å². The summed E-state index contributed by atoms with van der Waals surface area (Å²) in [5.41, 5.74) is 10.2. The van der Waals surface area contributed by atoms with E-state index in [1.165, 1.54) is 5.56 Å². The maximum Gasteiger partial charge on any atom is 0.120 e. The lowest BCUT2D eigenvalue weighted by Gasteiger charge is -2.12. The van der Waals surface area contributed by atoms with E-state index in [2.05, 4.69) is 12.1 Å². The van der Waals surface area contributed by atoms with Gasteiger partial charge in [-0.05, 0) is 50.1 Å². The predicted octanol–water partition coefficient (Wildman–Crippen LogP) is 4.03. The van der Waals surface area contributed by atoms with Gasteiger partial charge in [0.1, 0.15) is 5.75 Å². The number of nitrogens with two attached hydrogens (primary N) is 1. The Balaban J connectivity index is 2.38. The summed E-state index contributed by atoms with van der Waals surface area (Å²) in [6.45, 7) is 6.08. The molecule has 0 bridgehead atoms. The number of anilines is 1. The van der Waals surface area contributed by atoms with Crippen molar-refractivity contribution in [2.24, 2.45) is 0 Å². The Labute approximate surface area is 108 Å². The van der Waals surface area contributed by atoms with Crippen LogP contribution in [-0.2, 0) is 0 Å². The van der Waals surface area contributed by atoms with Crippen LogP contribution in [0, 0.1) is 6.92 Å². The van der Waals surface area contributed by atoms with Crippen molar-refractivity contribution in [1.29, 1.82) is 0 Å². The number of benzene rings is 2. The van der Waals surface area contributed by atoms with E-state index in [-0.39, 0.29) is 6.10 Å². The highest BCUT2D eigenvalue weighted by atomic mass is 16.5. The summed E-state index contributed by atoms with van der Waals surface area (Å²) in [4.78, 5) is 0. The van der Waals surface area contributed by atoms with E-state index in [1.807, 2.05) is 51.1 Å². The molecule has 0 saturated heterocycles. The molecular formula is C16H19NO. The summed E-state index contributed by atoms with van der Waals surface area (Å²) in [5, 5.41) is 0. The molecule has 0 aliphatic heterocycles. The molecule has 0 saturated carbocycles. The maximum atomic E-state index is 6.06. The van der Waals surface area contributed by atoms with Gasteiger partial charge >= 0.3 is 0 Å². The van der Waals surface area contributed by atoms with Crippen molar-refractivity contribution in [2.45, 2.75) is 26.9 Å². The Kier molecular flexibility index (Phi) is 3.56. The minimum absolute atomic E-state index is 0.176. The molecule has 0 aliphatic carbocycles. The zero-order chi connectivity index (χ0) is 13.1. The van der Waals surface area contributed by atoms with Crippen molar-refractivity contribution in [1.82, 2.24) is 0 Å². The molecule has 0 aromatic heterocycles. The number of hydrogen-bond acceptors (Lipinski definition) is 2. The molecular weight excluding hydrogens is 222 g/mol. The zero-order valence-electron chi connectivity index (χ0n) is 11.1. The first-order chi connectivity index (χ1) is 8.56. The van der Waals surface area contributed by atoms with Gasteiger partial charge in [0, 0.05) is 11.3 Å². The molecule has 0 heterocycles. The molecule has 2 aromatic rings. The largest absolute Gasteiger partial charge is 0.491 e. The normalized spacial score (nSPS) is 10.7. The van der Waals surface area contributed by atoms with E-state index in [9.17, 15) is 0 Å². The number of hydrogen-bond donors (Lipinski definition) is 1. The van der Waals surface area contributed by atoms with Gasteiger partial charge in [0.05, 0.1) is 6.10 Å². The summed E-state index contributed by atoms with van der Waals surface area (Å²) >= 11 is 0. The fraction of sp³-hybridized carbons (Fsp3) is 0.250. The van der Waals surface area contributed by atoms with E-state index >= 15 is 0 Å². The Morgan fingerprint density at radius 3 is 2.50 bits per heavy atom. The molecule has 0 spiro atoms. The first kappa shape index (κ1) is 12.5. The highest BCUT2D eigenvalue weighted by molar-refractivity contribution is 5.77. The van der Waals surface area contributed by atoms with Crippen molar-refractivity contribution in [3.63, 3.8) is 0 Å². The molecule has 0 atom stereocenters. The number of aryl methyl sites for hydroxylation is 1. The molecule has 0 amide bonds. The average molecular weight is 241 g/mol. The first-order valence-electron chi connectivity index (χ1n) is 6.19. The van der Waals surface area contributed by atoms with E-state index in [1.54, 1.807) is 0 Å². The number of ether oxygens (including phenoxy) is 1. The smallest absolute Gasteiger partial charge is 0.120 e. The molecule has 0 aliphatic rings. The van der Waals surface area contributed by atoms with E-state index in [0.29, 0.717) is 0 Å². The van der Waals surface area contributed by atoms with Crippen LogP contribution < -0.4 is 10.5 Å². The second-order valence-corrected chi connectivity index (χ2v) is 4.79. The Morgan fingerprint density at radius 1 is 1.06 bits per heavy atom. The lowest BCUT2D eigenvalue weighted by atomic mass is 10.0. The van der Waals surface area contributed by atoms with Gasteiger partial charge in [-0.2, -0.15) is 0 Å². The predicted molar refractivity (Wildman–Crippen MR) is 76.8 cm³/mol. The quantitative estimate of drug-likeness (QED) is 0.823. The van der Waals surface area contributed by atoms with E-state index in [0.717, 1.165) is 22.6 Å². The molecule has 0 unspecified atom stereocenters. The topological polar surface area (TPSA) is 35.2 Å². The van der Waals surface area contributed by atoms with Crippen molar-refractivity contribution < 1.29 is 4.74 Å². The second-order valence-electron chi connectivity index (χ2n) is 4.79. The van der Waals surface area contributed by atoms with Crippen LogP contribution in [0.4, 0.5) is 5.69 Å². The summed E-state index contributed by atoms with van der Waals surface area (Å²) < 4.78 is 5.70. The van der Waals surface area contributed by atoms with Crippen LogP contribution in [0.1, 0.15) is 19.4 Å². The highest BCUT2D eigenvalue weighted by Gasteiger charge is 2.05. The first-order valence-corrected chi connectivity index (χ1v) is 6.19. The summed E-state index contributed by atoms with van der Waals surface area (Å²) in [6, 6.07) is 14.2. The van der Waals surface area contributed by atoms with Crippen LogP contribution in [0.2, 0.25) is 0 Å². The van der Waals surface area contributed by atoms with Gasteiger partial charge in [-0.25, -0.2) is 0 Å². The lowest BCUT2D eigenvalue weighted by molar-refractivity contribution is 0.242. The molecule has 2 aromatic carbocycles. The Hall–Kier alpha value is -1.96. The third-order valence-corrected chi connectivity index (χ3v) is 2.72. The SMILES string of the molecule is Cc1ccc(-c2cccc(OC(C)C)c2)c(N)c1. The lowest BCUT2D eigenvalue weighted by Crippen LogP contribution is -2.05. The van der Waals surface area contributed by atoms with Crippen LogP contribution in [0.3, 0.4) is 0 Å². The molecule has 2 rings (SSSR count). The third kappa shape index (κ3) is 2.83. The van der Waals surface area contributed by atoms with Gasteiger partial charge in [0.2, 0.25) is 0 Å². The minimum atomic E-state index is 0.176. The zero-order valence-corrected chi connectivity index (χ0v) is 11.1. The van der Waals surface area contributed by atoms with Crippen LogP contribution in [0.25, 0.3) is 11.1 Å². The average Bonchev–Trinajstić information content (AvgIpc) is 2.28. The second kappa shape index (κ2) is 5.13. The molecule has 2 heteroatoms. The fourth-order valence-corrected chi connectivity index (χ4v) is 1.95. The van der Waals surface area contributed by atoms with Crippen molar-refractivity contribution in [2.75, 3.05) is 5.73 Å². The molecule has 2 N–H and O–H groups in total. The van der Waals surface area contributed by atoms with Crippen molar-refractivity contribution in [3.05, 3.63) is 48.0 Å². The standard InChI is InChI=1S/C16H19NO/c1-11(2)18-14-6-4-5-13(10-14)15-8-7-12(3)9-16(15)17/h4-11H,17H2,1-3H3. The van der Waals surface area contributed by atoms with Crippen molar-refractivity contribution in [3.8, 4) is 16.9 Å². The van der Waals surface area contributed by atoms with E-state index < -0.39 is 0 Å². The molecule has 0 fully saturated rings. The Bertz CT molecular complexity index is 547. The Morgan fingerprint density at radius 2 is 1.83 bits per heavy atom. The summed E-state index contributed by atoms with van der Waals surface area (Å²) in [7, 11) is 0.